The molecule has 2 fully saturated rings. The fraction of sp³-hybridized carbons (Fsp3) is 0.647. The van der Waals surface area contributed by atoms with E-state index in [0.717, 1.165) is 36.1 Å². The van der Waals surface area contributed by atoms with E-state index in [4.69, 9.17) is 4.74 Å². The number of sulfone groups is 1. The third-order valence-electron chi connectivity index (χ3n) is 5.43. The van der Waals surface area contributed by atoms with Gasteiger partial charge in [0.25, 0.3) is 0 Å². The van der Waals surface area contributed by atoms with Crippen LogP contribution in [-0.2, 0) is 14.6 Å². The summed E-state index contributed by atoms with van der Waals surface area (Å²) in [7, 11) is -0.966. The highest BCUT2D eigenvalue weighted by Crippen LogP contribution is 2.36. The average Bonchev–Trinajstić information content (AvgIpc) is 3.20. The van der Waals surface area contributed by atoms with Gasteiger partial charge >= 0.3 is 0 Å². The van der Waals surface area contributed by atoms with Crippen molar-refractivity contribution >= 4 is 26.7 Å². The number of aromatic nitrogens is 3. The molecule has 4 rings (SSSR count). The van der Waals surface area contributed by atoms with Gasteiger partial charge in [-0.05, 0) is 37.2 Å². The van der Waals surface area contributed by atoms with Gasteiger partial charge in [0, 0.05) is 25.9 Å². The van der Waals surface area contributed by atoms with Crippen LogP contribution in [0.2, 0.25) is 0 Å². The Kier molecular flexibility index (Phi) is 4.41. The molecule has 1 N–H and O–H groups in total. The molecule has 136 valence electrons. The Morgan fingerprint density at radius 3 is 2.84 bits per heavy atom. The van der Waals surface area contributed by atoms with Crippen LogP contribution in [0, 0.1) is 11.8 Å². The summed E-state index contributed by atoms with van der Waals surface area (Å²) in [5, 5.41) is 1.00. The zero-order valence-electron chi connectivity index (χ0n) is 14.4. The zero-order valence-corrected chi connectivity index (χ0v) is 15.2. The molecule has 2 aliphatic rings. The van der Waals surface area contributed by atoms with E-state index in [1.165, 1.54) is 0 Å². The molecule has 0 aromatic carbocycles. The summed E-state index contributed by atoms with van der Waals surface area (Å²) in [6.07, 6.45) is 6.09. The molecular weight excluding hydrogens is 340 g/mol. The first-order chi connectivity index (χ1) is 12.0. The number of hydrogen-bond acceptors (Lipinski definition) is 6. The SMILES string of the molecule is CN(c1ncnc2[nH]ccc12)C1CC(CS(=O)(=O)CC2CCOC2)C1. The van der Waals surface area contributed by atoms with Crippen molar-refractivity contribution in [3.05, 3.63) is 18.6 Å². The number of anilines is 1. The Morgan fingerprint density at radius 2 is 2.08 bits per heavy atom. The normalized spacial score (nSPS) is 26.7. The van der Waals surface area contributed by atoms with Crippen molar-refractivity contribution < 1.29 is 13.2 Å². The summed E-state index contributed by atoms with van der Waals surface area (Å²) in [6.45, 7) is 1.29. The Labute approximate surface area is 147 Å². The van der Waals surface area contributed by atoms with Crippen molar-refractivity contribution in [2.24, 2.45) is 11.8 Å². The van der Waals surface area contributed by atoms with Gasteiger partial charge in [-0.3, -0.25) is 0 Å². The van der Waals surface area contributed by atoms with E-state index in [0.29, 0.717) is 25.0 Å². The second-order valence-electron chi connectivity index (χ2n) is 7.35. The summed E-state index contributed by atoms with van der Waals surface area (Å²) in [5.74, 6) is 1.92. The van der Waals surface area contributed by atoms with Gasteiger partial charge in [-0.1, -0.05) is 0 Å². The highest BCUT2D eigenvalue weighted by molar-refractivity contribution is 7.91. The smallest absolute Gasteiger partial charge is 0.150 e. The van der Waals surface area contributed by atoms with Gasteiger partial charge in [0.05, 0.1) is 23.5 Å². The molecular formula is C17H24N4O3S. The predicted molar refractivity (Wildman–Crippen MR) is 96.4 cm³/mol. The van der Waals surface area contributed by atoms with E-state index in [2.05, 4.69) is 19.9 Å². The van der Waals surface area contributed by atoms with Crippen LogP contribution in [-0.4, -0.2) is 61.2 Å². The summed E-state index contributed by atoms with van der Waals surface area (Å²) >= 11 is 0. The molecule has 8 heteroatoms. The topological polar surface area (TPSA) is 88.2 Å². The summed E-state index contributed by atoms with van der Waals surface area (Å²) < 4.78 is 30.1. The molecule has 1 saturated carbocycles. The lowest BCUT2D eigenvalue weighted by Gasteiger charge is -2.41. The van der Waals surface area contributed by atoms with Crippen molar-refractivity contribution in [1.82, 2.24) is 15.0 Å². The van der Waals surface area contributed by atoms with E-state index >= 15 is 0 Å². The Bertz CT molecular complexity index is 838. The second-order valence-corrected chi connectivity index (χ2v) is 9.50. The molecule has 0 bridgehead atoms. The average molecular weight is 364 g/mol. The fourth-order valence-corrected chi connectivity index (χ4v) is 6.07. The maximum Gasteiger partial charge on any atom is 0.150 e. The van der Waals surface area contributed by atoms with Crippen LogP contribution in [0.15, 0.2) is 18.6 Å². The third-order valence-corrected chi connectivity index (χ3v) is 7.39. The quantitative estimate of drug-likeness (QED) is 0.838. The Morgan fingerprint density at radius 1 is 1.28 bits per heavy atom. The van der Waals surface area contributed by atoms with E-state index in [1.54, 1.807) is 6.33 Å². The number of hydrogen-bond donors (Lipinski definition) is 1. The van der Waals surface area contributed by atoms with Crippen molar-refractivity contribution in [3.8, 4) is 0 Å². The van der Waals surface area contributed by atoms with Gasteiger partial charge in [-0.2, -0.15) is 0 Å². The highest BCUT2D eigenvalue weighted by Gasteiger charge is 2.36. The molecule has 25 heavy (non-hydrogen) atoms. The number of rotatable bonds is 6. The molecule has 7 nitrogen and oxygen atoms in total. The van der Waals surface area contributed by atoms with Gasteiger partial charge in [0.2, 0.25) is 0 Å². The third kappa shape index (κ3) is 3.50. The predicted octanol–water partition coefficient (Wildman–Crippen LogP) is 1.62. The van der Waals surface area contributed by atoms with E-state index in [-0.39, 0.29) is 17.6 Å². The first-order valence-corrected chi connectivity index (χ1v) is 10.6. The molecule has 1 saturated heterocycles. The lowest BCUT2D eigenvalue weighted by atomic mass is 9.81. The summed E-state index contributed by atoms with van der Waals surface area (Å²) in [5.41, 5.74) is 0.828. The zero-order chi connectivity index (χ0) is 17.4. The van der Waals surface area contributed by atoms with Crippen LogP contribution in [0.3, 0.4) is 0 Å². The molecule has 0 amide bonds. The maximum absolute atomic E-state index is 12.4. The number of aromatic amines is 1. The molecule has 0 spiro atoms. The van der Waals surface area contributed by atoms with E-state index < -0.39 is 9.84 Å². The standard InChI is InChI=1S/C17H24N4O3S/c1-21(17-15-2-4-18-16(15)19-11-20-17)14-6-13(7-14)10-25(22,23)9-12-3-5-24-8-12/h2,4,11-14H,3,5-10H2,1H3,(H,18,19,20). The van der Waals surface area contributed by atoms with Crippen LogP contribution >= 0.6 is 0 Å². The molecule has 2 aromatic rings. The van der Waals surface area contributed by atoms with Crippen LogP contribution in [0.5, 0.6) is 0 Å². The Hall–Kier alpha value is -1.67. The summed E-state index contributed by atoms with van der Waals surface area (Å²) in [4.78, 5) is 13.9. The molecule has 2 aromatic heterocycles. The van der Waals surface area contributed by atoms with E-state index in [1.807, 2.05) is 19.3 Å². The molecule has 1 aliphatic heterocycles. The van der Waals surface area contributed by atoms with Gasteiger partial charge < -0.3 is 14.6 Å². The molecule has 1 atom stereocenters. The van der Waals surface area contributed by atoms with Crippen LogP contribution in [0.1, 0.15) is 19.3 Å². The minimum Gasteiger partial charge on any atom is -0.381 e. The lowest BCUT2D eigenvalue weighted by molar-refractivity contribution is 0.188. The monoisotopic (exact) mass is 364 g/mol. The van der Waals surface area contributed by atoms with Gasteiger partial charge in [-0.25, -0.2) is 18.4 Å². The van der Waals surface area contributed by atoms with Crippen molar-refractivity contribution in [2.45, 2.75) is 25.3 Å². The molecule has 1 aliphatic carbocycles. The van der Waals surface area contributed by atoms with E-state index in [9.17, 15) is 8.42 Å². The molecule has 0 radical (unpaired) electrons. The van der Waals surface area contributed by atoms with Crippen LogP contribution in [0.4, 0.5) is 5.82 Å². The maximum atomic E-state index is 12.4. The van der Waals surface area contributed by atoms with Crippen LogP contribution < -0.4 is 4.90 Å². The lowest BCUT2D eigenvalue weighted by Crippen LogP contribution is -2.45. The number of nitrogens with one attached hydrogen (secondary N) is 1. The van der Waals surface area contributed by atoms with Gasteiger partial charge in [0.15, 0.2) is 9.84 Å². The molecule has 3 heterocycles. The number of fused-ring (bicyclic) bond motifs is 1. The van der Waals surface area contributed by atoms with Gasteiger partial charge in [0.1, 0.15) is 17.8 Å². The fourth-order valence-electron chi connectivity index (χ4n) is 3.97. The van der Waals surface area contributed by atoms with Gasteiger partial charge in [-0.15, -0.1) is 0 Å². The summed E-state index contributed by atoms with van der Waals surface area (Å²) in [6, 6.07) is 2.31. The van der Waals surface area contributed by atoms with Crippen LogP contribution in [0.25, 0.3) is 11.0 Å². The minimum atomic E-state index is -2.99. The molecule has 1 unspecified atom stereocenters. The Balaban J connectivity index is 1.34. The number of ether oxygens (including phenoxy) is 1. The number of nitrogens with zero attached hydrogens (tertiary/aromatic N) is 3. The second kappa shape index (κ2) is 6.57. The van der Waals surface area contributed by atoms with Crippen molar-refractivity contribution in [2.75, 3.05) is 36.7 Å². The van der Waals surface area contributed by atoms with Crippen molar-refractivity contribution in [1.29, 1.82) is 0 Å². The minimum absolute atomic E-state index is 0.187. The van der Waals surface area contributed by atoms with Crippen molar-refractivity contribution in [3.63, 3.8) is 0 Å². The number of H-pyrrole nitrogens is 1. The highest BCUT2D eigenvalue weighted by atomic mass is 32.2. The first-order valence-electron chi connectivity index (χ1n) is 8.81. The largest absolute Gasteiger partial charge is 0.381 e. The first kappa shape index (κ1) is 16.8.